The van der Waals surface area contributed by atoms with Crippen LogP contribution in [0, 0.1) is 18.8 Å². The van der Waals surface area contributed by atoms with E-state index in [0.717, 1.165) is 24.3 Å². The van der Waals surface area contributed by atoms with E-state index >= 15 is 0 Å². The lowest BCUT2D eigenvalue weighted by atomic mass is 9.80. The molecular formula is C19H25ClFN5O5. The van der Waals surface area contributed by atoms with Crippen molar-refractivity contribution in [3.05, 3.63) is 17.5 Å². The van der Waals surface area contributed by atoms with Crippen molar-refractivity contribution in [3.8, 4) is 0 Å². The van der Waals surface area contributed by atoms with Crippen LogP contribution in [-0.2, 0) is 14.4 Å². The van der Waals surface area contributed by atoms with Crippen LogP contribution in [0.3, 0.4) is 0 Å². The number of nitrogens with one attached hydrogen (secondary N) is 3. The number of hydrogen-bond acceptors (Lipinski definition) is 6. The third-order valence-corrected chi connectivity index (χ3v) is 5.73. The second-order valence-corrected chi connectivity index (χ2v) is 8.27. The molecule has 4 amide bonds. The van der Waals surface area contributed by atoms with Gasteiger partial charge in [-0.3, -0.25) is 24.6 Å². The molecule has 3 rings (SSSR count). The van der Waals surface area contributed by atoms with Crippen LogP contribution in [0.4, 0.5) is 4.39 Å². The molecule has 1 aliphatic carbocycles. The molecule has 1 aliphatic heterocycles. The zero-order chi connectivity index (χ0) is 22.5. The lowest BCUT2D eigenvalue weighted by molar-refractivity contribution is -0.145. The van der Waals surface area contributed by atoms with Crippen molar-refractivity contribution < 1.29 is 28.1 Å². The summed E-state index contributed by atoms with van der Waals surface area (Å²) in [4.78, 5) is 49.5. The lowest BCUT2D eigenvalue weighted by Gasteiger charge is -2.31. The van der Waals surface area contributed by atoms with Crippen molar-refractivity contribution in [2.24, 2.45) is 11.8 Å². The van der Waals surface area contributed by atoms with Crippen molar-refractivity contribution in [2.45, 2.75) is 50.7 Å². The molecule has 12 heteroatoms. The second-order valence-electron chi connectivity index (χ2n) is 7.88. The molecule has 2 fully saturated rings. The third kappa shape index (κ3) is 5.93. The summed E-state index contributed by atoms with van der Waals surface area (Å²) in [6, 6.07) is 0.444. The number of hydrazine groups is 1. The normalized spacial score (nSPS) is 20.4. The van der Waals surface area contributed by atoms with Crippen LogP contribution in [-0.4, -0.2) is 58.6 Å². The molecule has 0 unspecified atom stereocenters. The maximum Gasteiger partial charge on any atom is 0.291 e. The van der Waals surface area contributed by atoms with E-state index in [2.05, 4.69) is 21.2 Å². The van der Waals surface area contributed by atoms with Crippen LogP contribution < -0.4 is 16.1 Å². The molecule has 3 atom stereocenters. The highest BCUT2D eigenvalue weighted by Gasteiger charge is 2.34. The van der Waals surface area contributed by atoms with Gasteiger partial charge in [-0.15, -0.1) is 0 Å². The van der Waals surface area contributed by atoms with Gasteiger partial charge in [0.1, 0.15) is 11.8 Å². The fraction of sp³-hybridized carbons (Fsp3) is 0.632. The minimum atomic E-state index is -2.39. The van der Waals surface area contributed by atoms with Crippen molar-refractivity contribution in [2.75, 3.05) is 13.1 Å². The summed E-state index contributed by atoms with van der Waals surface area (Å²) in [6.45, 7) is 1.83. The average Bonchev–Trinajstić information content (AvgIpc) is 3.30. The first-order chi connectivity index (χ1) is 14.7. The van der Waals surface area contributed by atoms with Gasteiger partial charge in [0.15, 0.2) is 5.69 Å². The van der Waals surface area contributed by atoms with E-state index in [1.807, 2.05) is 0 Å². The van der Waals surface area contributed by atoms with Crippen molar-refractivity contribution >= 4 is 35.2 Å². The zero-order valence-electron chi connectivity index (χ0n) is 17.0. The number of aromatic nitrogens is 1. The number of alkyl halides is 2. The summed E-state index contributed by atoms with van der Waals surface area (Å²) in [7, 11) is 0. The first-order valence-corrected chi connectivity index (χ1v) is 10.6. The number of carbonyl (C=O) groups is 4. The van der Waals surface area contributed by atoms with Gasteiger partial charge in [-0.25, -0.2) is 9.40 Å². The van der Waals surface area contributed by atoms with Crippen molar-refractivity contribution in [1.82, 2.24) is 26.2 Å². The molecule has 1 aromatic rings. The topological polar surface area (TPSA) is 134 Å². The van der Waals surface area contributed by atoms with E-state index in [-0.39, 0.29) is 24.1 Å². The summed E-state index contributed by atoms with van der Waals surface area (Å²) < 4.78 is 18.4. The Balaban J connectivity index is 1.71. The summed E-state index contributed by atoms with van der Waals surface area (Å²) in [6.07, 6.45) is 3.65. The Morgan fingerprint density at radius 3 is 2.65 bits per heavy atom. The monoisotopic (exact) mass is 457 g/mol. The molecule has 2 aliphatic rings. The lowest BCUT2D eigenvalue weighted by Crippen LogP contribution is -2.57. The zero-order valence-corrected chi connectivity index (χ0v) is 17.8. The van der Waals surface area contributed by atoms with E-state index in [1.165, 1.54) is 6.07 Å². The van der Waals surface area contributed by atoms with Crippen LogP contribution in [0.1, 0.15) is 48.4 Å². The standard InChI is InChI=1S/C19H25ClFN5O5/c1-10-7-14(25-31-10)17(28)23-13(8-11-3-2-4-11)18(29)24-26(19(30)15(20)21)9-12-5-6-22-16(12)27/h7,11-13,15H,2-6,8-9H2,1H3,(H,22,27)(H,23,28)(H,24,29)/t12-,13+,15+/m1/s1. The molecule has 1 saturated heterocycles. The van der Waals surface area contributed by atoms with E-state index < -0.39 is 35.3 Å². The van der Waals surface area contributed by atoms with E-state index in [9.17, 15) is 23.6 Å². The van der Waals surface area contributed by atoms with Crippen LogP contribution in [0.5, 0.6) is 0 Å². The Morgan fingerprint density at radius 2 is 2.13 bits per heavy atom. The van der Waals surface area contributed by atoms with Crippen LogP contribution >= 0.6 is 11.6 Å². The van der Waals surface area contributed by atoms with Crippen LogP contribution in [0.15, 0.2) is 10.6 Å². The van der Waals surface area contributed by atoms with Crippen molar-refractivity contribution in [1.29, 1.82) is 0 Å². The van der Waals surface area contributed by atoms with Gasteiger partial charge < -0.3 is 15.2 Å². The predicted octanol–water partition coefficient (Wildman–Crippen LogP) is 0.802. The number of aryl methyl sites for hydroxylation is 1. The SMILES string of the molecule is Cc1cc(C(=O)N[C@@H](CC2CCC2)C(=O)NN(C[C@H]2CCNC2=O)C(=O)[C@H](F)Cl)no1. The fourth-order valence-corrected chi connectivity index (χ4v) is 3.68. The number of amides is 4. The largest absolute Gasteiger partial charge is 0.361 e. The molecule has 31 heavy (non-hydrogen) atoms. The summed E-state index contributed by atoms with van der Waals surface area (Å²) in [5.74, 6) is -2.71. The molecule has 0 spiro atoms. The molecule has 3 N–H and O–H groups in total. The first-order valence-electron chi connectivity index (χ1n) is 10.2. The van der Waals surface area contributed by atoms with Gasteiger partial charge in [-0.2, -0.15) is 0 Å². The van der Waals surface area contributed by atoms with Gasteiger partial charge in [0.25, 0.3) is 23.4 Å². The van der Waals surface area contributed by atoms with Crippen molar-refractivity contribution in [3.63, 3.8) is 0 Å². The van der Waals surface area contributed by atoms with Gasteiger partial charge in [0.2, 0.25) is 5.91 Å². The molecule has 0 aromatic carbocycles. The summed E-state index contributed by atoms with van der Waals surface area (Å²) >= 11 is 5.29. The highest BCUT2D eigenvalue weighted by atomic mass is 35.5. The summed E-state index contributed by atoms with van der Waals surface area (Å²) in [5, 5.41) is 9.58. The minimum absolute atomic E-state index is 0.0176. The quantitative estimate of drug-likeness (QED) is 0.390. The molecular weight excluding hydrogens is 433 g/mol. The minimum Gasteiger partial charge on any atom is -0.361 e. The molecule has 1 aromatic heterocycles. The maximum atomic E-state index is 13.5. The molecule has 0 bridgehead atoms. The van der Waals surface area contributed by atoms with E-state index in [0.29, 0.717) is 25.1 Å². The number of nitrogens with zero attached hydrogens (tertiary/aromatic N) is 2. The number of carbonyl (C=O) groups excluding carboxylic acids is 4. The fourth-order valence-electron chi connectivity index (χ4n) is 3.56. The molecule has 2 heterocycles. The Labute approximate surface area is 183 Å². The second kappa shape index (κ2) is 10.1. The van der Waals surface area contributed by atoms with Gasteiger partial charge in [0, 0.05) is 12.6 Å². The highest BCUT2D eigenvalue weighted by Crippen LogP contribution is 2.30. The molecule has 1 saturated carbocycles. The Kier molecular flexibility index (Phi) is 7.47. The Morgan fingerprint density at radius 1 is 1.39 bits per heavy atom. The van der Waals surface area contributed by atoms with Gasteiger partial charge in [-0.05, 0) is 25.7 Å². The maximum absolute atomic E-state index is 13.5. The average molecular weight is 458 g/mol. The van der Waals surface area contributed by atoms with E-state index in [4.69, 9.17) is 16.1 Å². The third-order valence-electron chi connectivity index (χ3n) is 5.54. The van der Waals surface area contributed by atoms with E-state index in [1.54, 1.807) is 6.92 Å². The summed E-state index contributed by atoms with van der Waals surface area (Å²) in [5.41, 5.74) is -0.0258. The Bertz CT molecular complexity index is 843. The number of rotatable bonds is 8. The van der Waals surface area contributed by atoms with Gasteiger partial charge in [-0.1, -0.05) is 36.0 Å². The number of hydrogen-bond donors (Lipinski definition) is 3. The predicted molar refractivity (Wildman–Crippen MR) is 106 cm³/mol. The van der Waals surface area contributed by atoms with Gasteiger partial charge in [0.05, 0.1) is 12.5 Å². The Hall–Kier alpha value is -2.69. The smallest absolute Gasteiger partial charge is 0.291 e. The first kappa shape index (κ1) is 23.0. The van der Waals surface area contributed by atoms with Crippen LogP contribution in [0.25, 0.3) is 0 Å². The highest BCUT2D eigenvalue weighted by molar-refractivity contribution is 6.29. The molecule has 170 valence electrons. The molecule has 10 nitrogen and oxygen atoms in total. The molecule has 0 radical (unpaired) electrons. The van der Waals surface area contributed by atoms with Crippen LogP contribution in [0.2, 0.25) is 0 Å². The number of halogens is 2. The van der Waals surface area contributed by atoms with Gasteiger partial charge >= 0.3 is 0 Å².